The molecule has 0 radical (unpaired) electrons. The molecule has 138 valence electrons. The van der Waals surface area contributed by atoms with Gasteiger partial charge in [0.2, 0.25) is 5.88 Å². The van der Waals surface area contributed by atoms with E-state index in [1.54, 1.807) is 18.4 Å². The van der Waals surface area contributed by atoms with Crippen LogP contribution >= 0.6 is 11.3 Å². The molecule has 6 heteroatoms. The minimum Gasteiger partial charge on any atom is -0.497 e. The first kappa shape index (κ1) is 18.6. The molecule has 0 atom stereocenters. The Bertz CT molecular complexity index is 903. The molecule has 0 amide bonds. The molecule has 3 aromatic rings. The minimum atomic E-state index is 0.618. The Hall–Kier alpha value is -2.18. The first-order valence-corrected chi connectivity index (χ1v) is 9.68. The number of aryl methyl sites for hydroxylation is 2. The first-order valence-electron chi connectivity index (χ1n) is 8.86. The summed E-state index contributed by atoms with van der Waals surface area (Å²) in [5.74, 6) is 2.88. The fourth-order valence-corrected chi connectivity index (χ4v) is 3.86. The van der Waals surface area contributed by atoms with Crippen LogP contribution in [0.25, 0.3) is 10.2 Å². The zero-order valence-electron chi connectivity index (χ0n) is 16.0. The van der Waals surface area contributed by atoms with Gasteiger partial charge in [-0.2, -0.15) is 4.98 Å². The van der Waals surface area contributed by atoms with Crippen molar-refractivity contribution < 1.29 is 9.47 Å². The van der Waals surface area contributed by atoms with Crippen LogP contribution in [0, 0.1) is 13.8 Å². The summed E-state index contributed by atoms with van der Waals surface area (Å²) < 4.78 is 11.5. The standard InChI is InChI=1S/C20H25N3O2S/c1-6-23(7-2)12-17-21-19(18-13(3)14(4)26-20(18)22-17)25-16-10-8-9-15(11-16)24-5/h8-11H,6-7,12H2,1-5H3. The molecule has 0 aliphatic rings. The third-order valence-corrected chi connectivity index (χ3v) is 5.66. The molecular formula is C20H25N3O2S. The topological polar surface area (TPSA) is 47.5 Å². The van der Waals surface area contributed by atoms with Crippen molar-refractivity contribution in [1.29, 1.82) is 0 Å². The van der Waals surface area contributed by atoms with E-state index in [4.69, 9.17) is 19.4 Å². The van der Waals surface area contributed by atoms with Gasteiger partial charge in [0.1, 0.15) is 22.2 Å². The SMILES string of the molecule is CCN(CC)Cc1nc(Oc2cccc(OC)c2)c2c(C)c(C)sc2n1. The van der Waals surface area contributed by atoms with Crippen molar-refractivity contribution >= 4 is 21.6 Å². The van der Waals surface area contributed by atoms with E-state index < -0.39 is 0 Å². The first-order chi connectivity index (χ1) is 12.5. The van der Waals surface area contributed by atoms with Crippen molar-refractivity contribution in [2.45, 2.75) is 34.2 Å². The van der Waals surface area contributed by atoms with Crippen molar-refractivity contribution in [2.75, 3.05) is 20.2 Å². The van der Waals surface area contributed by atoms with Gasteiger partial charge < -0.3 is 9.47 Å². The number of rotatable bonds is 7. The van der Waals surface area contributed by atoms with Crippen LogP contribution in [-0.4, -0.2) is 35.1 Å². The van der Waals surface area contributed by atoms with Crippen LogP contribution in [0.2, 0.25) is 0 Å². The van der Waals surface area contributed by atoms with E-state index in [1.807, 2.05) is 24.3 Å². The summed E-state index contributed by atoms with van der Waals surface area (Å²) in [6.45, 7) is 11.2. The van der Waals surface area contributed by atoms with Crippen molar-refractivity contribution in [3.8, 4) is 17.4 Å². The zero-order chi connectivity index (χ0) is 18.7. The molecule has 0 bridgehead atoms. The smallest absolute Gasteiger partial charge is 0.231 e. The Balaban J connectivity index is 2.05. The molecule has 0 aliphatic heterocycles. The number of aromatic nitrogens is 2. The minimum absolute atomic E-state index is 0.618. The lowest BCUT2D eigenvalue weighted by atomic mass is 10.2. The molecule has 2 aromatic heterocycles. The average molecular weight is 372 g/mol. The van der Waals surface area contributed by atoms with E-state index >= 15 is 0 Å². The van der Waals surface area contributed by atoms with Crippen LogP contribution in [0.15, 0.2) is 24.3 Å². The summed E-state index contributed by atoms with van der Waals surface area (Å²) in [5.41, 5.74) is 1.18. The highest BCUT2D eigenvalue weighted by Crippen LogP contribution is 2.37. The number of hydrogen-bond donors (Lipinski definition) is 0. The maximum absolute atomic E-state index is 6.17. The third-order valence-electron chi connectivity index (χ3n) is 4.56. The van der Waals surface area contributed by atoms with E-state index in [1.165, 1.54) is 10.4 Å². The number of thiophene rings is 1. The largest absolute Gasteiger partial charge is 0.497 e. The van der Waals surface area contributed by atoms with Crippen LogP contribution in [0.1, 0.15) is 30.1 Å². The molecule has 0 N–H and O–H groups in total. The van der Waals surface area contributed by atoms with Gasteiger partial charge in [-0.05, 0) is 44.6 Å². The lowest BCUT2D eigenvalue weighted by Crippen LogP contribution is -2.23. The van der Waals surface area contributed by atoms with Crippen molar-refractivity contribution in [3.63, 3.8) is 0 Å². The van der Waals surface area contributed by atoms with Crippen LogP contribution in [0.3, 0.4) is 0 Å². The second-order valence-electron chi connectivity index (χ2n) is 6.15. The van der Waals surface area contributed by atoms with Gasteiger partial charge in [0.25, 0.3) is 0 Å². The van der Waals surface area contributed by atoms with Gasteiger partial charge in [-0.1, -0.05) is 19.9 Å². The van der Waals surface area contributed by atoms with E-state index in [0.29, 0.717) is 18.2 Å². The number of hydrogen-bond acceptors (Lipinski definition) is 6. The van der Waals surface area contributed by atoms with E-state index in [0.717, 1.165) is 34.9 Å². The number of methoxy groups -OCH3 is 1. The highest BCUT2D eigenvalue weighted by molar-refractivity contribution is 7.18. The lowest BCUT2D eigenvalue weighted by molar-refractivity contribution is 0.287. The van der Waals surface area contributed by atoms with Gasteiger partial charge in [0.05, 0.1) is 19.0 Å². The van der Waals surface area contributed by atoms with E-state index in [9.17, 15) is 0 Å². The molecule has 5 nitrogen and oxygen atoms in total. The van der Waals surface area contributed by atoms with Crippen molar-refractivity contribution in [2.24, 2.45) is 0 Å². The second-order valence-corrected chi connectivity index (χ2v) is 7.35. The fraction of sp³-hybridized carbons (Fsp3) is 0.400. The molecule has 0 spiro atoms. The summed E-state index contributed by atoms with van der Waals surface area (Å²) in [5, 5.41) is 0.999. The van der Waals surface area contributed by atoms with Gasteiger partial charge >= 0.3 is 0 Å². The predicted octanol–water partition coefficient (Wildman–Crippen LogP) is 4.95. The molecule has 0 aliphatic carbocycles. The Morgan fingerprint density at radius 2 is 1.81 bits per heavy atom. The molecule has 0 saturated heterocycles. The maximum Gasteiger partial charge on any atom is 0.231 e. The normalized spacial score (nSPS) is 11.3. The lowest BCUT2D eigenvalue weighted by Gasteiger charge is -2.17. The summed E-state index contributed by atoms with van der Waals surface area (Å²) >= 11 is 1.69. The number of ether oxygens (including phenoxy) is 2. The second kappa shape index (κ2) is 8.01. The molecular weight excluding hydrogens is 346 g/mol. The number of fused-ring (bicyclic) bond motifs is 1. The molecule has 0 saturated carbocycles. The Labute approximate surface area is 158 Å². The average Bonchev–Trinajstić information content (AvgIpc) is 2.94. The summed E-state index contributed by atoms with van der Waals surface area (Å²) in [7, 11) is 1.65. The molecule has 2 heterocycles. The van der Waals surface area contributed by atoms with E-state index in [2.05, 4.69) is 32.6 Å². The number of benzene rings is 1. The summed E-state index contributed by atoms with van der Waals surface area (Å²) in [6, 6.07) is 7.59. The number of nitrogens with zero attached hydrogens (tertiary/aromatic N) is 3. The van der Waals surface area contributed by atoms with Crippen molar-refractivity contribution in [1.82, 2.24) is 14.9 Å². The van der Waals surface area contributed by atoms with Crippen LogP contribution in [0.4, 0.5) is 0 Å². The Morgan fingerprint density at radius 1 is 1.08 bits per heavy atom. The predicted molar refractivity (Wildman–Crippen MR) is 107 cm³/mol. The highest BCUT2D eigenvalue weighted by atomic mass is 32.1. The third kappa shape index (κ3) is 3.81. The monoisotopic (exact) mass is 371 g/mol. The Morgan fingerprint density at radius 3 is 2.50 bits per heavy atom. The van der Waals surface area contributed by atoms with Gasteiger partial charge in [-0.25, -0.2) is 4.98 Å². The van der Waals surface area contributed by atoms with Crippen LogP contribution < -0.4 is 9.47 Å². The highest BCUT2D eigenvalue weighted by Gasteiger charge is 2.17. The summed E-state index contributed by atoms with van der Waals surface area (Å²) in [6.07, 6.45) is 0. The van der Waals surface area contributed by atoms with E-state index in [-0.39, 0.29) is 0 Å². The molecule has 0 fully saturated rings. The van der Waals surface area contributed by atoms with Crippen LogP contribution in [0.5, 0.6) is 17.4 Å². The molecule has 26 heavy (non-hydrogen) atoms. The quantitative estimate of drug-likeness (QED) is 0.588. The van der Waals surface area contributed by atoms with Gasteiger partial charge in [-0.15, -0.1) is 11.3 Å². The molecule has 0 unspecified atom stereocenters. The molecule has 3 rings (SSSR count). The fourth-order valence-electron chi connectivity index (χ4n) is 2.82. The Kier molecular flexibility index (Phi) is 5.74. The van der Waals surface area contributed by atoms with Gasteiger partial charge in [-0.3, -0.25) is 4.90 Å². The van der Waals surface area contributed by atoms with Gasteiger partial charge in [0.15, 0.2) is 0 Å². The summed E-state index contributed by atoms with van der Waals surface area (Å²) in [4.78, 5) is 14.1. The zero-order valence-corrected chi connectivity index (χ0v) is 16.8. The molecule has 1 aromatic carbocycles. The van der Waals surface area contributed by atoms with Crippen LogP contribution in [-0.2, 0) is 6.54 Å². The maximum atomic E-state index is 6.17. The van der Waals surface area contributed by atoms with Gasteiger partial charge in [0, 0.05) is 10.9 Å². The van der Waals surface area contributed by atoms with Crippen molar-refractivity contribution in [3.05, 3.63) is 40.5 Å².